The first-order valence-electron chi connectivity index (χ1n) is 10.1. The Morgan fingerprint density at radius 1 is 1.16 bits per heavy atom. The van der Waals surface area contributed by atoms with Crippen molar-refractivity contribution >= 4 is 17.3 Å². The summed E-state index contributed by atoms with van der Waals surface area (Å²) in [5.41, 5.74) is 1.79. The first kappa shape index (κ1) is 21.7. The van der Waals surface area contributed by atoms with E-state index in [0.29, 0.717) is 16.3 Å². The van der Waals surface area contributed by atoms with Gasteiger partial charge in [-0.3, -0.25) is 14.9 Å². The average molecular weight is 450 g/mol. The molecule has 3 unspecified atom stereocenters. The summed E-state index contributed by atoms with van der Waals surface area (Å²) < 4.78 is 5.17. The van der Waals surface area contributed by atoms with Gasteiger partial charge < -0.3 is 10.1 Å². The minimum atomic E-state index is -1.01. The number of rotatable bonds is 5. The van der Waals surface area contributed by atoms with Crippen molar-refractivity contribution in [2.75, 3.05) is 7.11 Å². The number of esters is 1. The summed E-state index contributed by atoms with van der Waals surface area (Å²) in [4.78, 5) is 29.7. The highest BCUT2D eigenvalue weighted by atomic mass is 32.1. The van der Waals surface area contributed by atoms with E-state index in [1.807, 2.05) is 60.8 Å². The summed E-state index contributed by atoms with van der Waals surface area (Å²) in [6.07, 6.45) is 0. The number of aromatic nitrogens is 1. The number of carbonyl (C=O) groups excluding carboxylic acids is 1. The molecule has 32 heavy (non-hydrogen) atoms. The Labute approximate surface area is 189 Å². The van der Waals surface area contributed by atoms with Crippen molar-refractivity contribution in [3.05, 3.63) is 98.1 Å². The first-order valence-corrected chi connectivity index (χ1v) is 11.0. The standard InChI is InChI=1S/C24H23N3O4S/c1-15-21(27(29)30)19(17-12-8-5-9-13-17)20(22(28)31-3)24(2,26-15)23-25-18(14-32-23)16-10-6-4-7-11-16/h4-14,19-20,26H,1-3H3. The van der Waals surface area contributed by atoms with Crippen molar-refractivity contribution in [1.29, 1.82) is 0 Å². The Balaban J connectivity index is 1.90. The van der Waals surface area contributed by atoms with Crippen molar-refractivity contribution < 1.29 is 14.5 Å². The molecule has 8 heteroatoms. The van der Waals surface area contributed by atoms with Gasteiger partial charge in [0.05, 0.1) is 29.3 Å². The number of carbonyl (C=O) groups is 1. The normalized spacial score (nSPS) is 22.8. The molecule has 0 aliphatic carbocycles. The Morgan fingerprint density at radius 2 is 1.78 bits per heavy atom. The highest BCUT2D eigenvalue weighted by molar-refractivity contribution is 7.10. The molecule has 0 amide bonds. The van der Waals surface area contributed by atoms with Gasteiger partial charge in [-0.25, -0.2) is 4.98 Å². The molecule has 0 saturated heterocycles. The summed E-state index contributed by atoms with van der Waals surface area (Å²) in [5.74, 6) is -2.22. The van der Waals surface area contributed by atoms with Crippen LogP contribution in [0.4, 0.5) is 0 Å². The lowest BCUT2D eigenvalue weighted by molar-refractivity contribution is -0.434. The molecular weight excluding hydrogens is 426 g/mol. The third-order valence-electron chi connectivity index (χ3n) is 5.91. The van der Waals surface area contributed by atoms with E-state index in [9.17, 15) is 14.9 Å². The van der Waals surface area contributed by atoms with Crippen molar-refractivity contribution in [3.63, 3.8) is 0 Å². The van der Waals surface area contributed by atoms with Crippen LogP contribution in [0.15, 0.2) is 77.4 Å². The maximum atomic E-state index is 13.2. The van der Waals surface area contributed by atoms with Crippen LogP contribution in [0, 0.1) is 16.0 Å². The highest BCUT2D eigenvalue weighted by Gasteiger charge is 2.56. The van der Waals surface area contributed by atoms with E-state index in [-0.39, 0.29) is 5.70 Å². The molecule has 7 nitrogen and oxygen atoms in total. The molecule has 0 bridgehead atoms. The lowest BCUT2D eigenvalue weighted by Gasteiger charge is -2.43. The molecule has 0 radical (unpaired) electrons. The van der Waals surface area contributed by atoms with Crippen molar-refractivity contribution in [2.45, 2.75) is 25.3 Å². The van der Waals surface area contributed by atoms with Gasteiger partial charge in [0.15, 0.2) is 0 Å². The summed E-state index contributed by atoms with van der Waals surface area (Å²) in [6.45, 7) is 3.53. The second-order valence-electron chi connectivity index (χ2n) is 7.89. The quantitative estimate of drug-likeness (QED) is 0.344. The van der Waals surface area contributed by atoms with Gasteiger partial charge in [-0.1, -0.05) is 60.7 Å². The van der Waals surface area contributed by atoms with Gasteiger partial charge in [-0.2, -0.15) is 0 Å². The van der Waals surface area contributed by atoms with Gasteiger partial charge in [0.25, 0.3) is 5.70 Å². The number of methoxy groups -OCH3 is 1. The van der Waals surface area contributed by atoms with Gasteiger partial charge in [0.1, 0.15) is 16.5 Å². The number of thiazole rings is 1. The van der Waals surface area contributed by atoms with E-state index < -0.39 is 28.3 Å². The zero-order valence-corrected chi connectivity index (χ0v) is 18.8. The second-order valence-corrected chi connectivity index (χ2v) is 8.75. The van der Waals surface area contributed by atoms with Gasteiger partial charge in [0.2, 0.25) is 0 Å². The number of nitro groups is 1. The van der Waals surface area contributed by atoms with Gasteiger partial charge in [-0.15, -0.1) is 11.3 Å². The minimum Gasteiger partial charge on any atom is -0.469 e. The number of benzene rings is 2. The molecular formula is C24H23N3O4S. The van der Waals surface area contributed by atoms with Gasteiger partial charge in [-0.05, 0) is 19.4 Å². The van der Waals surface area contributed by atoms with Crippen molar-refractivity contribution in [1.82, 2.24) is 10.3 Å². The van der Waals surface area contributed by atoms with Crippen molar-refractivity contribution in [2.24, 2.45) is 5.92 Å². The van der Waals surface area contributed by atoms with Crippen LogP contribution in [0.25, 0.3) is 11.3 Å². The molecule has 0 saturated carbocycles. The summed E-state index contributed by atoms with van der Waals surface area (Å²) in [7, 11) is 1.30. The fourth-order valence-electron chi connectivity index (χ4n) is 4.46. The van der Waals surface area contributed by atoms with E-state index >= 15 is 0 Å². The van der Waals surface area contributed by atoms with E-state index in [2.05, 4.69) is 5.32 Å². The van der Waals surface area contributed by atoms with Crippen LogP contribution in [0.2, 0.25) is 0 Å². The van der Waals surface area contributed by atoms with Crippen LogP contribution in [-0.4, -0.2) is 23.0 Å². The van der Waals surface area contributed by atoms with Crippen LogP contribution < -0.4 is 5.32 Å². The Morgan fingerprint density at radius 3 is 2.38 bits per heavy atom. The lowest BCUT2D eigenvalue weighted by Crippen LogP contribution is -2.55. The molecule has 164 valence electrons. The maximum absolute atomic E-state index is 13.2. The summed E-state index contributed by atoms with van der Waals surface area (Å²) >= 11 is 1.42. The monoisotopic (exact) mass is 449 g/mol. The highest BCUT2D eigenvalue weighted by Crippen LogP contribution is 2.49. The van der Waals surface area contributed by atoms with E-state index in [0.717, 1.165) is 11.3 Å². The van der Waals surface area contributed by atoms with Crippen LogP contribution in [0.5, 0.6) is 0 Å². The number of nitrogens with one attached hydrogen (secondary N) is 1. The number of nitrogens with zero attached hydrogens (tertiary/aromatic N) is 2. The Kier molecular flexibility index (Phi) is 5.80. The summed E-state index contributed by atoms with van der Waals surface area (Å²) in [5, 5.41) is 17.9. The Hall–Kier alpha value is -3.52. The SMILES string of the molecule is COC(=O)C1C(c2ccccc2)C([N+](=O)[O-])=C(C)NC1(C)c1nc(-c2ccccc2)cs1. The maximum Gasteiger partial charge on any atom is 0.312 e. The molecule has 2 heterocycles. The topological polar surface area (TPSA) is 94.4 Å². The number of ether oxygens (including phenoxy) is 1. The molecule has 0 fully saturated rings. The smallest absolute Gasteiger partial charge is 0.312 e. The molecule has 3 aromatic rings. The third kappa shape index (κ3) is 3.67. The molecule has 1 N–H and O–H groups in total. The fourth-order valence-corrected chi connectivity index (χ4v) is 5.44. The number of hydrogen-bond donors (Lipinski definition) is 1. The third-order valence-corrected chi connectivity index (χ3v) is 6.99. The predicted molar refractivity (Wildman–Crippen MR) is 122 cm³/mol. The second kappa shape index (κ2) is 8.55. The van der Waals surface area contributed by atoms with Gasteiger partial charge in [0, 0.05) is 10.9 Å². The van der Waals surface area contributed by atoms with E-state index in [1.165, 1.54) is 18.4 Å². The zero-order chi connectivity index (χ0) is 22.9. The predicted octanol–water partition coefficient (Wildman–Crippen LogP) is 4.71. The molecule has 1 aliphatic rings. The zero-order valence-electron chi connectivity index (χ0n) is 17.9. The molecule has 1 aromatic heterocycles. The molecule has 2 aromatic carbocycles. The van der Waals surface area contributed by atoms with E-state index in [1.54, 1.807) is 19.1 Å². The summed E-state index contributed by atoms with van der Waals surface area (Å²) in [6, 6.07) is 18.8. The molecule has 4 rings (SSSR count). The lowest BCUT2D eigenvalue weighted by atomic mass is 9.69. The number of allylic oxidation sites excluding steroid dienone is 2. The first-order chi connectivity index (χ1) is 15.4. The largest absolute Gasteiger partial charge is 0.469 e. The molecule has 0 spiro atoms. The fraction of sp³-hybridized carbons (Fsp3) is 0.250. The van der Waals surface area contributed by atoms with Crippen LogP contribution >= 0.6 is 11.3 Å². The van der Waals surface area contributed by atoms with E-state index in [4.69, 9.17) is 9.72 Å². The van der Waals surface area contributed by atoms with Crippen LogP contribution in [-0.2, 0) is 15.1 Å². The minimum absolute atomic E-state index is 0.0380. The van der Waals surface area contributed by atoms with Crippen LogP contribution in [0.3, 0.4) is 0 Å². The van der Waals surface area contributed by atoms with Crippen LogP contribution in [0.1, 0.15) is 30.3 Å². The van der Waals surface area contributed by atoms with Crippen molar-refractivity contribution in [3.8, 4) is 11.3 Å². The van der Waals surface area contributed by atoms with Gasteiger partial charge >= 0.3 is 5.97 Å². The average Bonchev–Trinajstić information content (AvgIpc) is 3.30. The Bertz CT molecular complexity index is 1180. The number of hydrogen-bond acceptors (Lipinski definition) is 7. The molecule has 3 atom stereocenters. The molecule has 1 aliphatic heterocycles.